The third kappa shape index (κ3) is 3.30. The second-order valence-corrected chi connectivity index (χ2v) is 5.73. The summed E-state index contributed by atoms with van der Waals surface area (Å²) < 4.78 is 14.5. The predicted molar refractivity (Wildman–Crippen MR) is 76.1 cm³/mol. The van der Waals surface area contributed by atoms with Gasteiger partial charge in [-0.25, -0.2) is 14.1 Å². The van der Waals surface area contributed by atoms with E-state index in [-0.39, 0.29) is 11.2 Å². The third-order valence-corrected chi connectivity index (χ3v) is 2.97. The van der Waals surface area contributed by atoms with Crippen molar-refractivity contribution in [3.63, 3.8) is 0 Å². The molecule has 0 saturated heterocycles. The van der Waals surface area contributed by atoms with Gasteiger partial charge in [0.05, 0.1) is 5.70 Å². The highest BCUT2D eigenvalue weighted by molar-refractivity contribution is 5.72. The maximum atomic E-state index is 12.9. The minimum atomic E-state index is -0.728. The summed E-state index contributed by atoms with van der Waals surface area (Å²) in [6.45, 7) is 5.81. The number of hydrogen-bond acceptors (Lipinski definition) is 3. The highest BCUT2D eigenvalue weighted by Gasteiger charge is 2.27. The molecule has 0 aliphatic carbocycles. The van der Waals surface area contributed by atoms with E-state index in [1.165, 1.54) is 29.5 Å². The van der Waals surface area contributed by atoms with Gasteiger partial charge >= 0.3 is 0 Å². The number of aromatic nitrogens is 3. The predicted octanol–water partition coefficient (Wildman–Crippen LogP) is 2.82. The van der Waals surface area contributed by atoms with Gasteiger partial charge in [0.15, 0.2) is 0 Å². The molecule has 1 unspecified atom stereocenters. The minimum absolute atomic E-state index is 0.291. The molecule has 1 N–H and O–H groups in total. The molecule has 0 bridgehead atoms. The normalized spacial score (nSPS) is 14.3. The summed E-state index contributed by atoms with van der Waals surface area (Å²) in [5, 5.41) is 14.6. The first kappa shape index (κ1) is 14.4. The van der Waals surface area contributed by atoms with Crippen LogP contribution in [0.4, 0.5) is 4.39 Å². The molecule has 0 aliphatic heterocycles. The quantitative estimate of drug-likeness (QED) is 0.937. The second-order valence-electron chi connectivity index (χ2n) is 5.73. The van der Waals surface area contributed by atoms with Gasteiger partial charge in [0.25, 0.3) is 0 Å². The number of hydrogen-bond donors (Lipinski definition) is 1. The molecule has 1 aromatic carbocycles. The summed E-state index contributed by atoms with van der Waals surface area (Å²) in [5.74, 6) is -0.291. The van der Waals surface area contributed by atoms with E-state index in [4.69, 9.17) is 0 Å². The van der Waals surface area contributed by atoms with Crippen molar-refractivity contribution in [2.45, 2.75) is 26.9 Å². The highest BCUT2D eigenvalue weighted by Crippen LogP contribution is 2.28. The Morgan fingerprint density at radius 2 is 1.95 bits per heavy atom. The number of aliphatic hydroxyl groups excluding tert-OH is 1. The van der Waals surface area contributed by atoms with E-state index < -0.39 is 6.10 Å². The van der Waals surface area contributed by atoms with Crippen molar-refractivity contribution in [3.8, 4) is 0 Å². The molecule has 0 saturated carbocycles. The van der Waals surface area contributed by atoms with Crippen LogP contribution in [0, 0.1) is 11.2 Å². The van der Waals surface area contributed by atoms with Gasteiger partial charge in [0.2, 0.25) is 0 Å². The Labute approximate surface area is 117 Å². The van der Waals surface area contributed by atoms with E-state index in [9.17, 15) is 9.50 Å². The zero-order valence-electron chi connectivity index (χ0n) is 11.8. The van der Waals surface area contributed by atoms with Crippen molar-refractivity contribution in [2.24, 2.45) is 5.41 Å². The zero-order chi connectivity index (χ0) is 14.8. The van der Waals surface area contributed by atoms with Gasteiger partial charge in [-0.2, -0.15) is 5.10 Å². The van der Waals surface area contributed by atoms with Crippen molar-refractivity contribution in [1.29, 1.82) is 0 Å². The first-order chi connectivity index (χ1) is 9.38. The Balaban J connectivity index is 2.44. The fourth-order valence-electron chi connectivity index (χ4n) is 1.79. The maximum Gasteiger partial charge on any atom is 0.138 e. The molecule has 0 aliphatic rings. The Morgan fingerprint density at radius 3 is 2.45 bits per heavy atom. The van der Waals surface area contributed by atoms with E-state index in [1.54, 1.807) is 18.2 Å². The summed E-state index contributed by atoms with van der Waals surface area (Å²) in [5.41, 5.74) is 1.04. The lowest BCUT2D eigenvalue weighted by atomic mass is 9.86. The van der Waals surface area contributed by atoms with Gasteiger partial charge in [-0.15, -0.1) is 0 Å². The van der Waals surface area contributed by atoms with E-state index in [1.807, 2.05) is 20.8 Å². The van der Waals surface area contributed by atoms with E-state index in [0.29, 0.717) is 5.70 Å². The third-order valence-electron chi connectivity index (χ3n) is 2.97. The van der Waals surface area contributed by atoms with Crippen LogP contribution in [-0.4, -0.2) is 26.0 Å². The van der Waals surface area contributed by atoms with Crippen LogP contribution in [0.1, 0.15) is 26.3 Å². The molecular weight excluding hydrogens is 257 g/mol. The number of rotatable bonds is 3. The molecule has 1 aromatic heterocycles. The molecule has 2 rings (SSSR count). The SMILES string of the molecule is CC(C)(C)C(O)C(=Cc1ccc(F)cc1)n1cncn1. The molecule has 106 valence electrons. The smallest absolute Gasteiger partial charge is 0.138 e. The number of benzene rings is 1. The van der Waals surface area contributed by atoms with Crippen molar-refractivity contribution < 1.29 is 9.50 Å². The zero-order valence-corrected chi connectivity index (χ0v) is 11.8. The first-order valence-corrected chi connectivity index (χ1v) is 6.38. The van der Waals surface area contributed by atoms with Crippen molar-refractivity contribution in [3.05, 3.63) is 48.3 Å². The van der Waals surface area contributed by atoms with Crippen LogP contribution in [-0.2, 0) is 0 Å². The summed E-state index contributed by atoms with van der Waals surface area (Å²) in [6.07, 6.45) is 4.00. The van der Waals surface area contributed by atoms with Crippen LogP contribution in [0.3, 0.4) is 0 Å². The van der Waals surface area contributed by atoms with Gasteiger partial charge in [-0.1, -0.05) is 32.9 Å². The van der Waals surface area contributed by atoms with Gasteiger partial charge in [0.1, 0.15) is 24.6 Å². The van der Waals surface area contributed by atoms with Crippen molar-refractivity contribution in [2.75, 3.05) is 0 Å². The van der Waals surface area contributed by atoms with Gasteiger partial charge in [-0.05, 0) is 29.2 Å². The van der Waals surface area contributed by atoms with Crippen LogP contribution in [0.2, 0.25) is 0 Å². The molecule has 4 nitrogen and oxygen atoms in total. The number of halogens is 1. The van der Waals surface area contributed by atoms with Gasteiger partial charge < -0.3 is 5.11 Å². The van der Waals surface area contributed by atoms with Gasteiger partial charge in [-0.3, -0.25) is 0 Å². The van der Waals surface area contributed by atoms with Crippen LogP contribution in [0.15, 0.2) is 36.9 Å². The van der Waals surface area contributed by atoms with Crippen LogP contribution in [0.5, 0.6) is 0 Å². The molecular formula is C15H18FN3O. The summed E-state index contributed by atoms with van der Waals surface area (Å²) in [4.78, 5) is 3.90. The van der Waals surface area contributed by atoms with E-state index >= 15 is 0 Å². The Morgan fingerprint density at radius 1 is 1.30 bits per heavy atom. The average molecular weight is 275 g/mol. The Bertz CT molecular complexity index is 583. The Hall–Kier alpha value is -2.01. The molecule has 1 atom stereocenters. The van der Waals surface area contributed by atoms with Crippen molar-refractivity contribution in [1.82, 2.24) is 14.8 Å². The van der Waals surface area contributed by atoms with Crippen LogP contribution in [0.25, 0.3) is 11.8 Å². The molecule has 1 heterocycles. The molecule has 0 spiro atoms. The van der Waals surface area contributed by atoms with E-state index in [0.717, 1.165) is 5.56 Å². The first-order valence-electron chi connectivity index (χ1n) is 6.38. The fourth-order valence-corrected chi connectivity index (χ4v) is 1.79. The maximum absolute atomic E-state index is 12.9. The molecule has 20 heavy (non-hydrogen) atoms. The standard InChI is InChI=1S/C15H18FN3O/c1-15(2,3)14(20)13(19-10-17-9-18-19)8-11-4-6-12(16)7-5-11/h4-10,14,20H,1-3H3. The lowest BCUT2D eigenvalue weighted by Gasteiger charge is -2.27. The minimum Gasteiger partial charge on any atom is -0.386 e. The number of aliphatic hydroxyl groups is 1. The summed E-state index contributed by atoms with van der Waals surface area (Å²) in [6, 6.07) is 6.08. The molecule has 5 heteroatoms. The van der Waals surface area contributed by atoms with Crippen LogP contribution < -0.4 is 0 Å². The largest absolute Gasteiger partial charge is 0.386 e. The van der Waals surface area contributed by atoms with Gasteiger partial charge in [0, 0.05) is 0 Å². The molecule has 0 radical (unpaired) electrons. The molecule has 2 aromatic rings. The second kappa shape index (κ2) is 5.54. The van der Waals surface area contributed by atoms with Crippen LogP contribution >= 0.6 is 0 Å². The fraction of sp³-hybridized carbons (Fsp3) is 0.333. The number of nitrogens with zero attached hydrogens (tertiary/aromatic N) is 3. The lowest BCUT2D eigenvalue weighted by molar-refractivity contribution is 0.109. The van der Waals surface area contributed by atoms with Crippen molar-refractivity contribution >= 4 is 11.8 Å². The summed E-state index contributed by atoms with van der Waals surface area (Å²) in [7, 11) is 0. The summed E-state index contributed by atoms with van der Waals surface area (Å²) >= 11 is 0. The topological polar surface area (TPSA) is 50.9 Å². The molecule has 0 amide bonds. The monoisotopic (exact) mass is 275 g/mol. The van der Waals surface area contributed by atoms with E-state index in [2.05, 4.69) is 10.1 Å². The highest BCUT2D eigenvalue weighted by atomic mass is 19.1. The lowest BCUT2D eigenvalue weighted by Crippen LogP contribution is -2.29. The Kier molecular flexibility index (Phi) is 3.99. The molecule has 0 fully saturated rings. The average Bonchev–Trinajstić information content (AvgIpc) is 2.90.